The Morgan fingerprint density at radius 3 is 2.42 bits per heavy atom. The van der Waals surface area contributed by atoms with E-state index in [9.17, 15) is 4.79 Å². The third kappa shape index (κ3) is 4.77. The number of likely N-dealkylation sites (N-methyl/N-ethyl adjacent to an activating group) is 1. The van der Waals surface area contributed by atoms with Crippen molar-refractivity contribution < 1.29 is 4.79 Å². The number of nitrogens with one attached hydrogen (secondary N) is 1. The van der Waals surface area contributed by atoms with Crippen molar-refractivity contribution in [3.05, 3.63) is 0 Å². The smallest absolute Gasteiger partial charge is 0.225 e. The first-order valence-corrected chi connectivity index (χ1v) is 7.95. The van der Waals surface area contributed by atoms with E-state index >= 15 is 0 Å². The molecule has 0 radical (unpaired) electrons. The monoisotopic (exact) mass is 267 g/mol. The summed E-state index contributed by atoms with van der Waals surface area (Å²) in [6.07, 6.45) is 7.32. The summed E-state index contributed by atoms with van der Waals surface area (Å²) in [5, 5.41) is 3.36. The minimum absolute atomic E-state index is 0.301. The second-order valence-electron chi connectivity index (χ2n) is 6.04. The van der Waals surface area contributed by atoms with Crippen molar-refractivity contribution in [1.29, 1.82) is 0 Å². The average molecular weight is 267 g/mol. The van der Waals surface area contributed by atoms with Crippen molar-refractivity contribution in [1.82, 2.24) is 15.1 Å². The van der Waals surface area contributed by atoms with Crippen molar-refractivity contribution in [2.75, 3.05) is 46.3 Å². The number of rotatable bonds is 4. The Hall–Kier alpha value is -0.610. The summed E-state index contributed by atoms with van der Waals surface area (Å²) in [6, 6.07) is 0. The Labute approximate surface area is 117 Å². The first-order chi connectivity index (χ1) is 9.27. The van der Waals surface area contributed by atoms with Gasteiger partial charge in [0.25, 0.3) is 0 Å². The van der Waals surface area contributed by atoms with Crippen molar-refractivity contribution in [3.8, 4) is 0 Å². The fraction of sp³-hybridized carbons (Fsp3) is 0.933. The number of carbonyl (C=O) groups is 1. The highest BCUT2D eigenvalue weighted by molar-refractivity contribution is 5.78. The Morgan fingerprint density at radius 2 is 1.79 bits per heavy atom. The quantitative estimate of drug-likeness (QED) is 0.780. The molecule has 1 aliphatic heterocycles. The topological polar surface area (TPSA) is 35.6 Å². The molecule has 4 heteroatoms. The molecule has 2 aliphatic rings. The maximum Gasteiger partial charge on any atom is 0.225 e. The Kier molecular flexibility index (Phi) is 6.11. The van der Waals surface area contributed by atoms with Crippen LogP contribution in [0.5, 0.6) is 0 Å². The standard InChI is InChI=1S/C15H29N3O/c1-17(12-13-18-10-8-16-9-11-18)15(19)14-6-4-2-3-5-7-14/h14,16H,2-13H2,1H3. The maximum atomic E-state index is 12.4. The van der Waals surface area contributed by atoms with E-state index in [0.717, 1.165) is 52.1 Å². The largest absolute Gasteiger partial charge is 0.344 e. The van der Waals surface area contributed by atoms with Crippen LogP contribution in [0, 0.1) is 5.92 Å². The van der Waals surface area contributed by atoms with Crippen LogP contribution in [0.4, 0.5) is 0 Å². The molecule has 1 aliphatic carbocycles. The number of hydrogen-bond acceptors (Lipinski definition) is 3. The van der Waals surface area contributed by atoms with Crippen LogP contribution in [0.25, 0.3) is 0 Å². The van der Waals surface area contributed by atoms with Gasteiger partial charge in [-0.05, 0) is 12.8 Å². The lowest BCUT2D eigenvalue weighted by Crippen LogP contribution is -2.47. The molecule has 0 aromatic carbocycles. The minimum atomic E-state index is 0.301. The summed E-state index contributed by atoms with van der Waals surface area (Å²) >= 11 is 0. The molecule has 110 valence electrons. The number of nitrogens with zero attached hydrogens (tertiary/aromatic N) is 2. The molecule has 0 spiro atoms. The van der Waals surface area contributed by atoms with Crippen LogP contribution in [-0.2, 0) is 4.79 Å². The molecule has 0 aromatic heterocycles. The van der Waals surface area contributed by atoms with Crippen molar-refractivity contribution in [2.45, 2.75) is 38.5 Å². The Morgan fingerprint density at radius 1 is 1.16 bits per heavy atom. The van der Waals surface area contributed by atoms with Gasteiger partial charge in [0.05, 0.1) is 0 Å². The summed E-state index contributed by atoms with van der Waals surface area (Å²) in [4.78, 5) is 16.8. The minimum Gasteiger partial charge on any atom is -0.344 e. The molecular weight excluding hydrogens is 238 g/mol. The summed E-state index contributed by atoms with van der Waals surface area (Å²) in [5.74, 6) is 0.688. The lowest BCUT2D eigenvalue weighted by atomic mass is 9.99. The van der Waals surface area contributed by atoms with Gasteiger partial charge in [-0.1, -0.05) is 25.7 Å². The average Bonchev–Trinajstić information content (AvgIpc) is 2.74. The Bertz CT molecular complexity index is 269. The highest BCUT2D eigenvalue weighted by Crippen LogP contribution is 2.24. The van der Waals surface area contributed by atoms with Gasteiger partial charge in [0.15, 0.2) is 0 Å². The first kappa shape index (κ1) is 14.8. The molecule has 0 unspecified atom stereocenters. The van der Waals surface area contributed by atoms with E-state index in [2.05, 4.69) is 10.2 Å². The lowest BCUT2D eigenvalue weighted by molar-refractivity contribution is -0.134. The molecule has 4 nitrogen and oxygen atoms in total. The molecule has 1 N–H and O–H groups in total. The second-order valence-corrected chi connectivity index (χ2v) is 6.04. The van der Waals surface area contributed by atoms with Gasteiger partial charge in [0, 0.05) is 52.2 Å². The van der Waals surface area contributed by atoms with Gasteiger partial charge < -0.3 is 10.2 Å². The third-order valence-corrected chi connectivity index (χ3v) is 4.54. The zero-order chi connectivity index (χ0) is 13.5. The number of piperazine rings is 1. The summed E-state index contributed by atoms with van der Waals surface area (Å²) in [5.41, 5.74) is 0. The molecule has 2 fully saturated rings. The van der Waals surface area contributed by atoms with E-state index in [4.69, 9.17) is 0 Å². The highest BCUT2D eigenvalue weighted by atomic mass is 16.2. The number of carbonyl (C=O) groups excluding carboxylic acids is 1. The van der Waals surface area contributed by atoms with E-state index in [-0.39, 0.29) is 0 Å². The number of amides is 1. The van der Waals surface area contributed by atoms with Crippen molar-refractivity contribution >= 4 is 5.91 Å². The molecule has 0 bridgehead atoms. The van der Waals surface area contributed by atoms with Crippen LogP contribution in [0.1, 0.15) is 38.5 Å². The Balaban J connectivity index is 1.71. The van der Waals surface area contributed by atoms with E-state index in [1.165, 1.54) is 25.7 Å². The van der Waals surface area contributed by atoms with Crippen LogP contribution in [0.2, 0.25) is 0 Å². The summed E-state index contributed by atoms with van der Waals surface area (Å²) in [7, 11) is 1.98. The lowest BCUT2D eigenvalue weighted by Gasteiger charge is -2.30. The van der Waals surface area contributed by atoms with Crippen LogP contribution < -0.4 is 5.32 Å². The maximum absolute atomic E-state index is 12.4. The molecule has 2 rings (SSSR count). The molecule has 1 amide bonds. The molecule has 1 heterocycles. The van der Waals surface area contributed by atoms with Crippen molar-refractivity contribution in [2.24, 2.45) is 5.92 Å². The van der Waals surface area contributed by atoms with Crippen LogP contribution in [0.15, 0.2) is 0 Å². The second kappa shape index (κ2) is 7.85. The van der Waals surface area contributed by atoms with E-state index < -0.39 is 0 Å². The van der Waals surface area contributed by atoms with E-state index in [0.29, 0.717) is 11.8 Å². The summed E-state index contributed by atoms with van der Waals surface area (Å²) in [6.45, 7) is 6.31. The SMILES string of the molecule is CN(CCN1CCNCC1)C(=O)C1CCCCCC1. The van der Waals surface area contributed by atoms with Crippen LogP contribution >= 0.6 is 0 Å². The molecule has 0 atom stereocenters. The van der Waals surface area contributed by atoms with E-state index in [1.807, 2.05) is 11.9 Å². The van der Waals surface area contributed by atoms with Crippen LogP contribution in [-0.4, -0.2) is 62.0 Å². The van der Waals surface area contributed by atoms with Crippen LogP contribution in [0.3, 0.4) is 0 Å². The van der Waals surface area contributed by atoms with Gasteiger partial charge >= 0.3 is 0 Å². The van der Waals surface area contributed by atoms with Gasteiger partial charge in [0.2, 0.25) is 5.91 Å². The molecule has 0 aromatic rings. The third-order valence-electron chi connectivity index (χ3n) is 4.54. The van der Waals surface area contributed by atoms with Gasteiger partial charge in [-0.25, -0.2) is 0 Å². The zero-order valence-electron chi connectivity index (χ0n) is 12.4. The highest BCUT2D eigenvalue weighted by Gasteiger charge is 2.23. The predicted octanol–water partition coefficient (Wildman–Crippen LogP) is 1.32. The van der Waals surface area contributed by atoms with Gasteiger partial charge in [0.1, 0.15) is 0 Å². The predicted molar refractivity (Wildman–Crippen MR) is 78.1 cm³/mol. The molecule has 19 heavy (non-hydrogen) atoms. The van der Waals surface area contributed by atoms with Gasteiger partial charge in [-0.2, -0.15) is 0 Å². The summed E-state index contributed by atoms with van der Waals surface area (Å²) < 4.78 is 0. The zero-order valence-corrected chi connectivity index (χ0v) is 12.4. The molecule has 1 saturated heterocycles. The molecule has 1 saturated carbocycles. The van der Waals surface area contributed by atoms with Crippen molar-refractivity contribution in [3.63, 3.8) is 0 Å². The molecular formula is C15H29N3O. The number of hydrogen-bond donors (Lipinski definition) is 1. The fourth-order valence-corrected chi connectivity index (χ4v) is 3.17. The van der Waals surface area contributed by atoms with E-state index in [1.54, 1.807) is 0 Å². The normalized spacial score (nSPS) is 23.0. The van der Waals surface area contributed by atoms with Gasteiger partial charge in [-0.3, -0.25) is 9.69 Å². The van der Waals surface area contributed by atoms with Gasteiger partial charge in [-0.15, -0.1) is 0 Å². The fourth-order valence-electron chi connectivity index (χ4n) is 3.17. The first-order valence-electron chi connectivity index (χ1n) is 7.95.